The molecular weight excluding hydrogens is 308 g/mol. The quantitative estimate of drug-likeness (QED) is 0.793. The summed E-state index contributed by atoms with van der Waals surface area (Å²) in [5, 5.41) is 0. The first-order valence-corrected chi connectivity index (χ1v) is 7.85. The molecule has 24 heavy (non-hydrogen) atoms. The van der Waals surface area contributed by atoms with Crippen molar-refractivity contribution in [1.29, 1.82) is 0 Å². The maximum Gasteiger partial charge on any atom is 0.231 e. The molecule has 0 aromatic heterocycles. The number of ether oxygens (including phenoxy) is 4. The first-order valence-electron chi connectivity index (χ1n) is 7.85. The van der Waals surface area contributed by atoms with Gasteiger partial charge in [0.1, 0.15) is 0 Å². The monoisotopic (exact) mass is 322 g/mol. The van der Waals surface area contributed by atoms with E-state index in [9.17, 15) is 4.79 Å². The summed E-state index contributed by atoms with van der Waals surface area (Å²) in [5.74, 6) is 2.75. The fourth-order valence-electron chi connectivity index (χ4n) is 3.48. The van der Waals surface area contributed by atoms with Crippen molar-refractivity contribution in [2.24, 2.45) is 0 Å². The van der Waals surface area contributed by atoms with Crippen LogP contribution < -0.4 is 18.9 Å². The highest BCUT2D eigenvalue weighted by Crippen LogP contribution is 2.43. The van der Waals surface area contributed by atoms with Gasteiger partial charge in [0.15, 0.2) is 29.3 Å². The summed E-state index contributed by atoms with van der Waals surface area (Å²) in [4.78, 5) is 11.6. The largest absolute Gasteiger partial charge is 0.454 e. The molecule has 0 atom stereocenters. The normalized spacial score (nSPS) is 16.6. The van der Waals surface area contributed by atoms with Gasteiger partial charge in [-0.2, -0.15) is 0 Å². The molecule has 0 bridgehead atoms. The smallest absolute Gasteiger partial charge is 0.231 e. The summed E-state index contributed by atoms with van der Waals surface area (Å²) in [6, 6.07) is 7.84. The second kappa shape index (κ2) is 5.03. The van der Waals surface area contributed by atoms with Crippen molar-refractivity contribution in [3.8, 4) is 23.0 Å². The molecule has 0 radical (unpaired) electrons. The SMILES string of the molecule is O=Cc1c(C2=Cc3cc4c(cc3CC2)OCO4)ccc2c1OCO2. The predicted molar refractivity (Wildman–Crippen MR) is 86.7 cm³/mol. The van der Waals surface area contributed by atoms with E-state index < -0.39 is 0 Å². The number of hydrogen-bond acceptors (Lipinski definition) is 5. The first-order chi connectivity index (χ1) is 11.8. The molecule has 0 saturated carbocycles. The standard InChI is InChI=1S/C19H14O5/c20-8-15-14(3-4-16-19(15)24-10-21-16)12-2-1-11-6-17-18(23-9-22-17)7-13(11)5-12/h3-8H,1-2,9-10H2. The van der Waals surface area contributed by atoms with Crippen LogP contribution in [0.3, 0.4) is 0 Å². The van der Waals surface area contributed by atoms with Gasteiger partial charge >= 0.3 is 0 Å². The zero-order valence-electron chi connectivity index (χ0n) is 12.8. The average Bonchev–Trinajstić information content (AvgIpc) is 3.26. The van der Waals surface area contributed by atoms with Crippen molar-refractivity contribution in [3.05, 3.63) is 46.5 Å². The molecule has 2 heterocycles. The van der Waals surface area contributed by atoms with Gasteiger partial charge in [-0.1, -0.05) is 12.1 Å². The zero-order chi connectivity index (χ0) is 16.1. The minimum Gasteiger partial charge on any atom is -0.454 e. The van der Waals surface area contributed by atoms with Crippen LogP contribution in [0.1, 0.15) is 33.5 Å². The van der Waals surface area contributed by atoms with Gasteiger partial charge in [0.25, 0.3) is 0 Å². The molecule has 0 N–H and O–H groups in total. The van der Waals surface area contributed by atoms with E-state index in [2.05, 4.69) is 6.08 Å². The number of rotatable bonds is 2. The fourth-order valence-corrected chi connectivity index (χ4v) is 3.48. The molecule has 0 fully saturated rings. The highest BCUT2D eigenvalue weighted by atomic mass is 16.7. The number of hydrogen-bond donors (Lipinski definition) is 0. The van der Waals surface area contributed by atoms with Crippen molar-refractivity contribution in [2.45, 2.75) is 12.8 Å². The van der Waals surface area contributed by atoms with Crippen LogP contribution in [0.5, 0.6) is 23.0 Å². The van der Waals surface area contributed by atoms with Gasteiger partial charge in [-0.15, -0.1) is 0 Å². The third kappa shape index (κ3) is 1.91. The number of aryl methyl sites for hydroxylation is 1. The number of allylic oxidation sites excluding steroid dienone is 1. The molecule has 2 aromatic carbocycles. The van der Waals surface area contributed by atoms with Crippen LogP contribution in [0.25, 0.3) is 11.6 Å². The summed E-state index contributed by atoms with van der Waals surface area (Å²) in [5.41, 5.74) is 4.91. The van der Waals surface area contributed by atoms with Crippen LogP contribution in [0.2, 0.25) is 0 Å². The van der Waals surface area contributed by atoms with E-state index in [0.29, 0.717) is 17.1 Å². The Balaban J connectivity index is 1.62. The third-order valence-electron chi connectivity index (χ3n) is 4.67. The van der Waals surface area contributed by atoms with Gasteiger partial charge in [0, 0.05) is 0 Å². The van der Waals surface area contributed by atoms with Crippen LogP contribution in [0.4, 0.5) is 0 Å². The molecule has 5 rings (SSSR count). The van der Waals surface area contributed by atoms with Crippen molar-refractivity contribution in [2.75, 3.05) is 13.6 Å². The highest BCUT2D eigenvalue weighted by Gasteiger charge is 2.24. The van der Waals surface area contributed by atoms with Crippen molar-refractivity contribution < 1.29 is 23.7 Å². The average molecular weight is 322 g/mol. The molecule has 5 nitrogen and oxygen atoms in total. The Morgan fingerprint density at radius 3 is 2.54 bits per heavy atom. The zero-order valence-corrected chi connectivity index (χ0v) is 12.8. The fraction of sp³-hybridized carbons (Fsp3) is 0.211. The molecule has 120 valence electrons. The van der Waals surface area contributed by atoms with Crippen LogP contribution in [-0.2, 0) is 6.42 Å². The summed E-state index contributed by atoms with van der Waals surface area (Å²) in [7, 11) is 0. The number of carbonyl (C=O) groups excluding carboxylic acids is 1. The lowest BCUT2D eigenvalue weighted by molar-refractivity contribution is 0.111. The van der Waals surface area contributed by atoms with Gasteiger partial charge in [0.05, 0.1) is 5.56 Å². The number of carbonyl (C=O) groups is 1. The van der Waals surface area contributed by atoms with Gasteiger partial charge in [-0.25, -0.2) is 0 Å². The Bertz CT molecular complexity index is 897. The van der Waals surface area contributed by atoms with Crippen LogP contribution in [0, 0.1) is 0 Å². The lowest BCUT2D eigenvalue weighted by Crippen LogP contribution is -2.02. The molecule has 0 unspecified atom stereocenters. The first kappa shape index (κ1) is 13.5. The molecule has 3 aliphatic rings. The third-order valence-corrected chi connectivity index (χ3v) is 4.67. The molecular formula is C19H14O5. The Hall–Kier alpha value is -2.95. The summed E-state index contributed by atoms with van der Waals surface area (Å²) < 4.78 is 21.7. The predicted octanol–water partition coefficient (Wildman–Crippen LogP) is 3.44. The lowest BCUT2D eigenvalue weighted by atomic mass is 9.86. The second-order valence-corrected chi connectivity index (χ2v) is 5.95. The van der Waals surface area contributed by atoms with E-state index >= 15 is 0 Å². The molecule has 5 heteroatoms. The van der Waals surface area contributed by atoms with Crippen molar-refractivity contribution in [3.63, 3.8) is 0 Å². The van der Waals surface area contributed by atoms with Gasteiger partial charge < -0.3 is 18.9 Å². The number of fused-ring (bicyclic) bond motifs is 3. The van der Waals surface area contributed by atoms with Crippen LogP contribution in [-0.4, -0.2) is 19.9 Å². The van der Waals surface area contributed by atoms with Crippen molar-refractivity contribution >= 4 is 17.9 Å². The van der Waals surface area contributed by atoms with Crippen LogP contribution >= 0.6 is 0 Å². The van der Waals surface area contributed by atoms with Gasteiger partial charge in [-0.3, -0.25) is 4.79 Å². The molecule has 2 aliphatic heterocycles. The summed E-state index contributed by atoms with van der Waals surface area (Å²) >= 11 is 0. The topological polar surface area (TPSA) is 54.0 Å². The van der Waals surface area contributed by atoms with E-state index in [4.69, 9.17) is 18.9 Å². The molecule has 0 amide bonds. The summed E-state index contributed by atoms with van der Waals surface area (Å²) in [6.07, 6.45) is 4.71. The second-order valence-electron chi connectivity index (χ2n) is 5.95. The highest BCUT2D eigenvalue weighted by molar-refractivity contribution is 5.95. The van der Waals surface area contributed by atoms with E-state index in [0.717, 1.165) is 47.3 Å². The minimum absolute atomic E-state index is 0.158. The van der Waals surface area contributed by atoms with Crippen molar-refractivity contribution in [1.82, 2.24) is 0 Å². The van der Waals surface area contributed by atoms with E-state index in [1.165, 1.54) is 5.56 Å². The van der Waals surface area contributed by atoms with Gasteiger partial charge in [0.2, 0.25) is 13.6 Å². The Morgan fingerprint density at radius 2 is 1.67 bits per heavy atom. The molecule has 1 aliphatic carbocycles. The Morgan fingerprint density at radius 1 is 0.875 bits per heavy atom. The molecule has 2 aromatic rings. The molecule has 0 saturated heterocycles. The van der Waals surface area contributed by atoms with E-state index in [1.54, 1.807) is 0 Å². The molecule has 0 spiro atoms. The van der Waals surface area contributed by atoms with E-state index in [-0.39, 0.29) is 13.6 Å². The lowest BCUT2D eigenvalue weighted by Gasteiger charge is -2.19. The van der Waals surface area contributed by atoms with E-state index in [1.807, 2.05) is 24.3 Å². The Kier molecular flexibility index (Phi) is 2.82. The maximum absolute atomic E-state index is 11.6. The van der Waals surface area contributed by atoms with Gasteiger partial charge in [-0.05, 0) is 53.3 Å². The van der Waals surface area contributed by atoms with Crippen LogP contribution in [0.15, 0.2) is 24.3 Å². The summed E-state index contributed by atoms with van der Waals surface area (Å²) in [6.45, 7) is 0.428. The Labute approximate surface area is 138 Å². The maximum atomic E-state index is 11.6. The number of aldehydes is 1. The minimum atomic E-state index is 0.158. The number of benzene rings is 2.